The van der Waals surface area contributed by atoms with Crippen LogP contribution in [0.4, 0.5) is 0 Å². The molecule has 0 spiro atoms. The number of aliphatic hydroxyl groups is 1. The summed E-state index contributed by atoms with van der Waals surface area (Å²) in [6.07, 6.45) is 1.64. The van der Waals surface area contributed by atoms with Gasteiger partial charge in [0.25, 0.3) is 5.91 Å². The van der Waals surface area contributed by atoms with Crippen LogP contribution in [0.1, 0.15) is 31.3 Å². The van der Waals surface area contributed by atoms with E-state index in [1.807, 2.05) is 11.8 Å². The van der Waals surface area contributed by atoms with Gasteiger partial charge in [0, 0.05) is 39.3 Å². The summed E-state index contributed by atoms with van der Waals surface area (Å²) < 4.78 is 1.53. The predicted octanol–water partition coefficient (Wildman–Crippen LogP) is -0.268. The SMILES string of the molecule is CC1CN(CC(C)(C)O)CCN1C(=O)c1cn(C)nn1. The number of hydrogen-bond acceptors (Lipinski definition) is 5. The zero-order valence-electron chi connectivity index (χ0n) is 12.6. The highest BCUT2D eigenvalue weighted by Crippen LogP contribution is 2.15. The average Bonchev–Trinajstić information content (AvgIpc) is 2.73. The number of amides is 1. The first-order valence-corrected chi connectivity index (χ1v) is 6.88. The molecule has 0 saturated carbocycles. The molecular formula is C13H23N5O2. The van der Waals surface area contributed by atoms with Crippen LogP contribution in [-0.2, 0) is 7.05 Å². The molecule has 112 valence electrons. The summed E-state index contributed by atoms with van der Waals surface area (Å²) in [6, 6.07) is 0.0978. The van der Waals surface area contributed by atoms with Crippen LogP contribution in [0.3, 0.4) is 0 Å². The maximum atomic E-state index is 12.4. The van der Waals surface area contributed by atoms with Crippen molar-refractivity contribution in [3.8, 4) is 0 Å². The van der Waals surface area contributed by atoms with Crippen LogP contribution < -0.4 is 0 Å². The molecule has 1 aromatic rings. The highest BCUT2D eigenvalue weighted by atomic mass is 16.3. The topological polar surface area (TPSA) is 74.5 Å². The quantitative estimate of drug-likeness (QED) is 0.825. The molecule has 1 unspecified atom stereocenters. The van der Waals surface area contributed by atoms with Gasteiger partial charge in [-0.25, -0.2) is 0 Å². The zero-order chi connectivity index (χ0) is 14.9. The standard InChI is InChI=1S/C13H23N5O2/c1-10-7-17(9-13(2,3)20)5-6-18(10)12(19)11-8-16(4)15-14-11/h8,10,20H,5-7,9H2,1-4H3. The van der Waals surface area contributed by atoms with E-state index in [4.69, 9.17) is 0 Å². The molecule has 1 saturated heterocycles. The third-order valence-electron chi connectivity index (χ3n) is 3.40. The van der Waals surface area contributed by atoms with Crippen molar-refractivity contribution in [2.24, 2.45) is 7.05 Å². The Morgan fingerprint density at radius 1 is 1.50 bits per heavy atom. The van der Waals surface area contributed by atoms with Gasteiger partial charge in [0.15, 0.2) is 5.69 Å². The second-order valence-electron chi connectivity index (χ2n) is 6.17. The monoisotopic (exact) mass is 281 g/mol. The fraction of sp³-hybridized carbons (Fsp3) is 0.769. The van der Waals surface area contributed by atoms with E-state index in [1.165, 1.54) is 4.68 Å². The number of aromatic nitrogens is 3. The number of rotatable bonds is 3. The van der Waals surface area contributed by atoms with E-state index in [0.717, 1.165) is 13.1 Å². The molecule has 0 aliphatic carbocycles. The largest absolute Gasteiger partial charge is 0.389 e. The van der Waals surface area contributed by atoms with Crippen LogP contribution in [0, 0.1) is 0 Å². The minimum Gasteiger partial charge on any atom is -0.389 e. The summed E-state index contributed by atoms with van der Waals surface area (Å²) >= 11 is 0. The Bertz CT molecular complexity index is 479. The minimum absolute atomic E-state index is 0.0755. The Labute approximate surface area is 119 Å². The lowest BCUT2D eigenvalue weighted by Crippen LogP contribution is -2.56. The zero-order valence-corrected chi connectivity index (χ0v) is 12.6. The van der Waals surface area contributed by atoms with Gasteiger partial charge in [-0.05, 0) is 20.8 Å². The summed E-state index contributed by atoms with van der Waals surface area (Å²) in [6.45, 7) is 8.40. The van der Waals surface area contributed by atoms with E-state index in [1.54, 1.807) is 27.1 Å². The molecule has 7 heteroatoms. The van der Waals surface area contributed by atoms with Gasteiger partial charge < -0.3 is 10.0 Å². The van der Waals surface area contributed by atoms with Crippen LogP contribution in [0.2, 0.25) is 0 Å². The molecule has 0 aromatic carbocycles. The molecule has 2 heterocycles. The molecule has 1 atom stereocenters. The van der Waals surface area contributed by atoms with Crippen molar-refractivity contribution in [1.29, 1.82) is 0 Å². The molecule has 1 amide bonds. The van der Waals surface area contributed by atoms with Gasteiger partial charge in [-0.1, -0.05) is 5.21 Å². The molecule has 7 nitrogen and oxygen atoms in total. The van der Waals surface area contributed by atoms with Crippen molar-refractivity contribution in [2.75, 3.05) is 26.2 Å². The van der Waals surface area contributed by atoms with Crippen molar-refractivity contribution in [3.63, 3.8) is 0 Å². The molecule has 20 heavy (non-hydrogen) atoms. The van der Waals surface area contributed by atoms with E-state index in [0.29, 0.717) is 18.8 Å². The molecule has 1 aliphatic rings. The van der Waals surface area contributed by atoms with Crippen LogP contribution >= 0.6 is 0 Å². The molecule has 2 rings (SSSR count). The van der Waals surface area contributed by atoms with Gasteiger partial charge in [-0.3, -0.25) is 14.4 Å². The number of piperazine rings is 1. The van der Waals surface area contributed by atoms with E-state index < -0.39 is 5.60 Å². The summed E-state index contributed by atoms with van der Waals surface area (Å²) in [5.74, 6) is -0.0755. The smallest absolute Gasteiger partial charge is 0.276 e. The van der Waals surface area contributed by atoms with Gasteiger partial charge in [0.05, 0.1) is 11.8 Å². The highest BCUT2D eigenvalue weighted by Gasteiger charge is 2.31. The number of nitrogens with zero attached hydrogens (tertiary/aromatic N) is 5. The van der Waals surface area contributed by atoms with Crippen LogP contribution in [0.25, 0.3) is 0 Å². The minimum atomic E-state index is -0.712. The van der Waals surface area contributed by atoms with Crippen molar-refractivity contribution in [2.45, 2.75) is 32.4 Å². The maximum Gasteiger partial charge on any atom is 0.276 e. The Morgan fingerprint density at radius 3 is 2.70 bits per heavy atom. The van der Waals surface area contributed by atoms with Crippen molar-refractivity contribution in [3.05, 3.63) is 11.9 Å². The second kappa shape index (κ2) is 5.49. The molecule has 0 radical (unpaired) electrons. The van der Waals surface area contributed by atoms with Gasteiger partial charge in [0.2, 0.25) is 0 Å². The lowest BCUT2D eigenvalue weighted by Gasteiger charge is -2.41. The Hall–Kier alpha value is -1.47. The summed E-state index contributed by atoms with van der Waals surface area (Å²) in [7, 11) is 1.74. The Balaban J connectivity index is 1.98. The highest BCUT2D eigenvalue weighted by molar-refractivity contribution is 5.92. The average molecular weight is 281 g/mol. The van der Waals surface area contributed by atoms with Crippen LogP contribution in [0.15, 0.2) is 6.20 Å². The maximum absolute atomic E-state index is 12.4. The number of β-amino-alcohol motifs (C(OH)–C–C–N with tert-alkyl or cyclic N) is 1. The molecule has 1 aromatic heterocycles. The Kier molecular flexibility index (Phi) is 4.10. The third-order valence-corrected chi connectivity index (χ3v) is 3.40. The number of hydrogen-bond donors (Lipinski definition) is 1. The summed E-state index contributed by atoms with van der Waals surface area (Å²) in [5, 5.41) is 17.5. The number of carbonyl (C=O) groups is 1. The first-order chi connectivity index (χ1) is 9.26. The van der Waals surface area contributed by atoms with Gasteiger partial charge in [-0.2, -0.15) is 0 Å². The van der Waals surface area contributed by atoms with E-state index in [9.17, 15) is 9.90 Å². The van der Waals surface area contributed by atoms with Crippen molar-refractivity contribution in [1.82, 2.24) is 24.8 Å². The first kappa shape index (κ1) is 14.9. The number of carbonyl (C=O) groups excluding carboxylic acids is 1. The van der Waals surface area contributed by atoms with Gasteiger partial charge in [0.1, 0.15) is 0 Å². The van der Waals surface area contributed by atoms with Gasteiger partial charge in [-0.15, -0.1) is 5.10 Å². The molecule has 1 N–H and O–H groups in total. The normalized spacial score (nSPS) is 21.2. The van der Waals surface area contributed by atoms with Gasteiger partial charge >= 0.3 is 0 Å². The first-order valence-electron chi connectivity index (χ1n) is 6.88. The molecule has 1 fully saturated rings. The van der Waals surface area contributed by atoms with Crippen molar-refractivity contribution < 1.29 is 9.90 Å². The van der Waals surface area contributed by atoms with Crippen LogP contribution in [0.5, 0.6) is 0 Å². The molecule has 0 bridgehead atoms. The Morgan fingerprint density at radius 2 is 2.20 bits per heavy atom. The van der Waals surface area contributed by atoms with E-state index in [2.05, 4.69) is 15.2 Å². The number of aryl methyl sites for hydroxylation is 1. The fourth-order valence-corrected chi connectivity index (χ4v) is 2.62. The van der Waals surface area contributed by atoms with E-state index in [-0.39, 0.29) is 11.9 Å². The molecule has 1 aliphatic heterocycles. The second-order valence-corrected chi connectivity index (χ2v) is 6.17. The lowest BCUT2D eigenvalue weighted by molar-refractivity contribution is 0.00561. The van der Waals surface area contributed by atoms with Crippen molar-refractivity contribution >= 4 is 5.91 Å². The summed E-state index contributed by atoms with van der Waals surface area (Å²) in [5.41, 5.74) is -0.327. The lowest BCUT2D eigenvalue weighted by atomic mass is 10.1. The van der Waals surface area contributed by atoms with Crippen LogP contribution in [-0.4, -0.2) is 73.6 Å². The molecular weight excluding hydrogens is 258 g/mol. The third kappa shape index (κ3) is 3.55. The summed E-state index contributed by atoms with van der Waals surface area (Å²) in [4.78, 5) is 16.4. The van der Waals surface area contributed by atoms with E-state index >= 15 is 0 Å². The fourth-order valence-electron chi connectivity index (χ4n) is 2.62. The predicted molar refractivity (Wildman–Crippen MR) is 74.2 cm³/mol.